The van der Waals surface area contributed by atoms with Gasteiger partial charge in [0, 0.05) is 6.42 Å². The third-order valence-electron chi connectivity index (χ3n) is 4.47. The minimum atomic E-state index is -0.286. The van der Waals surface area contributed by atoms with Crippen LogP contribution in [0.15, 0.2) is 54.6 Å². The molecule has 132 valence electrons. The van der Waals surface area contributed by atoms with Crippen molar-refractivity contribution in [3.8, 4) is 0 Å². The fraction of sp³-hybridized carbons (Fsp3) is 0.105. The molecular formula is C19H13N5O2S. The molecule has 0 unspecified atom stereocenters. The molecule has 0 atom stereocenters. The van der Waals surface area contributed by atoms with Gasteiger partial charge in [0.2, 0.25) is 4.96 Å². The molecule has 3 heterocycles. The lowest BCUT2D eigenvalue weighted by Gasteiger charge is -2.10. The molecule has 1 aliphatic rings. The summed E-state index contributed by atoms with van der Waals surface area (Å²) in [4.78, 5) is 26.9. The monoisotopic (exact) mass is 375 g/mol. The highest BCUT2D eigenvalue weighted by atomic mass is 32.1. The van der Waals surface area contributed by atoms with Crippen molar-refractivity contribution < 1.29 is 9.59 Å². The number of carbonyl (C=O) groups excluding carboxylic acids is 2. The molecule has 0 saturated heterocycles. The molecule has 7 nitrogen and oxygen atoms in total. The van der Waals surface area contributed by atoms with Crippen LogP contribution in [0.4, 0.5) is 0 Å². The fourth-order valence-electron chi connectivity index (χ4n) is 3.17. The first-order valence-corrected chi connectivity index (χ1v) is 9.21. The number of hydrogen-bond acceptors (Lipinski definition) is 6. The summed E-state index contributed by atoms with van der Waals surface area (Å²) in [6.07, 6.45) is 0.609. The van der Waals surface area contributed by atoms with Crippen LogP contribution in [0.2, 0.25) is 0 Å². The van der Waals surface area contributed by atoms with Crippen LogP contribution in [0, 0.1) is 0 Å². The van der Waals surface area contributed by atoms with E-state index >= 15 is 0 Å². The fourth-order valence-corrected chi connectivity index (χ4v) is 4.01. The predicted molar refractivity (Wildman–Crippen MR) is 98.6 cm³/mol. The van der Waals surface area contributed by atoms with Crippen LogP contribution in [0.25, 0.3) is 4.96 Å². The van der Waals surface area contributed by atoms with Crippen LogP contribution in [-0.2, 0) is 13.0 Å². The van der Waals surface area contributed by atoms with Crippen molar-refractivity contribution in [2.45, 2.75) is 13.0 Å². The lowest BCUT2D eigenvalue weighted by Crippen LogP contribution is -2.29. The first kappa shape index (κ1) is 15.8. The normalized spacial score (nSPS) is 13.6. The Balaban J connectivity index is 1.42. The molecule has 2 aromatic heterocycles. The van der Waals surface area contributed by atoms with E-state index in [1.54, 1.807) is 28.8 Å². The minimum absolute atomic E-state index is 0.130. The molecule has 2 amide bonds. The summed E-state index contributed by atoms with van der Waals surface area (Å²) >= 11 is 1.33. The van der Waals surface area contributed by atoms with Crippen LogP contribution in [0.3, 0.4) is 0 Å². The van der Waals surface area contributed by atoms with Gasteiger partial charge < -0.3 is 0 Å². The zero-order valence-corrected chi connectivity index (χ0v) is 14.9. The number of amides is 2. The second-order valence-corrected chi connectivity index (χ2v) is 7.25. The van der Waals surface area contributed by atoms with E-state index < -0.39 is 0 Å². The molecule has 0 spiro atoms. The number of fused-ring (bicyclic) bond motifs is 2. The Bertz CT molecular complexity index is 1150. The summed E-state index contributed by atoms with van der Waals surface area (Å²) in [7, 11) is 0. The summed E-state index contributed by atoms with van der Waals surface area (Å²) in [5, 5.41) is 13.5. The Morgan fingerprint density at radius 1 is 0.852 bits per heavy atom. The van der Waals surface area contributed by atoms with Gasteiger partial charge in [0.25, 0.3) is 11.8 Å². The molecule has 8 heteroatoms. The average molecular weight is 375 g/mol. The summed E-state index contributed by atoms with van der Waals surface area (Å²) < 4.78 is 1.69. The van der Waals surface area contributed by atoms with E-state index in [9.17, 15) is 9.59 Å². The van der Waals surface area contributed by atoms with E-state index in [-0.39, 0.29) is 18.4 Å². The number of nitrogens with zero attached hydrogens (tertiary/aromatic N) is 5. The van der Waals surface area contributed by atoms with Gasteiger partial charge in [0.1, 0.15) is 5.01 Å². The third-order valence-corrected chi connectivity index (χ3v) is 5.36. The van der Waals surface area contributed by atoms with Gasteiger partial charge in [-0.25, -0.2) is 0 Å². The van der Waals surface area contributed by atoms with Gasteiger partial charge in [-0.3, -0.25) is 14.5 Å². The lowest BCUT2D eigenvalue weighted by molar-refractivity contribution is 0.0642. The summed E-state index contributed by atoms with van der Waals surface area (Å²) in [6, 6.07) is 16.8. The number of benzene rings is 2. The maximum absolute atomic E-state index is 12.5. The van der Waals surface area contributed by atoms with Crippen molar-refractivity contribution in [1.29, 1.82) is 0 Å². The van der Waals surface area contributed by atoms with Crippen LogP contribution in [0.5, 0.6) is 0 Å². The number of carbonyl (C=O) groups is 2. The molecule has 0 N–H and O–H groups in total. The number of imide groups is 1. The first-order valence-electron chi connectivity index (χ1n) is 8.40. The SMILES string of the molecule is O=C1c2ccccc2C(=O)N1Cc1nn2c(Cc3ccccc3)nnc2s1. The Hall–Kier alpha value is -3.39. The molecule has 0 aliphatic carbocycles. The molecule has 27 heavy (non-hydrogen) atoms. The minimum Gasteiger partial charge on any atom is -0.269 e. The average Bonchev–Trinajstić information content (AvgIpc) is 3.33. The van der Waals surface area contributed by atoms with E-state index in [1.807, 2.05) is 30.3 Å². The van der Waals surface area contributed by atoms with Gasteiger partial charge in [-0.15, -0.1) is 10.2 Å². The smallest absolute Gasteiger partial charge is 0.261 e. The maximum Gasteiger partial charge on any atom is 0.261 e. The second-order valence-electron chi connectivity index (χ2n) is 6.21. The summed E-state index contributed by atoms with van der Waals surface area (Å²) in [5.41, 5.74) is 1.99. The van der Waals surface area contributed by atoms with E-state index in [0.717, 1.165) is 11.4 Å². The largest absolute Gasteiger partial charge is 0.269 e. The van der Waals surface area contributed by atoms with Gasteiger partial charge in [-0.05, 0) is 17.7 Å². The summed E-state index contributed by atoms with van der Waals surface area (Å²) in [6.45, 7) is 0.130. The van der Waals surface area contributed by atoms with Crippen molar-refractivity contribution >= 4 is 28.1 Å². The predicted octanol–water partition coefficient (Wildman–Crippen LogP) is 2.57. The van der Waals surface area contributed by atoms with Crippen molar-refractivity contribution in [3.63, 3.8) is 0 Å². The Morgan fingerprint density at radius 2 is 1.52 bits per heavy atom. The molecule has 0 radical (unpaired) electrons. The van der Waals surface area contributed by atoms with Crippen molar-refractivity contribution in [2.24, 2.45) is 0 Å². The molecule has 1 aliphatic heterocycles. The van der Waals surface area contributed by atoms with Crippen molar-refractivity contribution in [1.82, 2.24) is 24.7 Å². The Morgan fingerprint density at radius 3 is 2.22 bits per heavy atom. The van der Waals surface area contributed by atoms with Crippen LogP contribution >= 0.6 is 11.3 Å². The van der Waals surface area contributed by atoms with Crippen molar-refractivity contribution in [2.75, 3.05) is 0 Å². The van der Waals surface area contributed by atoms with Crippen LogP contribution in [-0.4, -0.2) is 36.5 Å². The number of rotatable bonds is 4. The highest BCUT2D eigenvalue weighted by molar-refractivity contribution is 7.16. The number of hydrogen-bond donors (Lipinski definition) is 0. The molecule has 4 aromatic rings. The highest BCUT2D eigenvalue weighted by Gasteiger charge is 2.35. The first-order chi connectivity index (χ1) is 13.2. The Labute approximate surface area is 157 Å². The molecule has 0 bridgehead atoms. The van der Waals surface area contributed by atoms with E-state index in [4.69, 9.17) is 0 Å². The molecule has 0 fully saturated rings. The van der Waals surface area contributed by atoms with E-state index in [0.29, 0.717) is 27.5 Å². The van der Waals surface area contributed by atoms with Gasteiger partial charge in [-0.1, -0.05) is 53.8 Å². The maximum atomic E-state index is 12.5. The second kappa shape index (κ2) is 6.10. The zero-order valence-electron chi connectivity index (χ0n) is 14.1. The van der Waals surface area contributed by atoms with Gasteiger partial charge in [-0.2, -0.15) is 9.61 Å². The van der Waals surface area contributed by atoms with Crippen LogP contribution in [0.1, 0.15) is 37.1 Å². The van der Waals surface area contributed by atoms with Gasteiger partial charge in [0.15, 0.2) is 5.82 Å². The molecule has 5 rings (SSSR count). The standard InChI is InChI=1S/C19H13N5O2S/c25-17-13-8-4-5-9-14(13)18(26)23(17)11-16-22-24-15(20-21-19(24)27-16)10-12-6-2-1-3-7-12/h1-9H,10-11H2. The number of aromatic nitrogens is 4. The van der Waals surface area contributed by atoms with E-state index in [1.165, 1.54) is 16.2 Å². The molecule has 2 aromatic carbocycles. The van der Waals surface area contributed by atoms with Crippen molar-refractivity contribution in [3.05, 3.63) is 82.1 Å². The third kappa shape index (κ3) is 2.61. The van der Waals surface area contributed by atoms with Gasteiger partial charge in [0.05, 0.1) is 17.7 Å². The Kier molecular flexibility index (Phi) is 3.58. The molecule has 0 saturated carbocycles. The zero-order chi connectivity index (χ0) is 18.4. The molecular weight excluding hydrogens is 362 g/mol. The quantitative estimate of drug-likeness (QED) is 0.512. The summed E-state index contributed by atoms with van der Waals surface area (Å²) in [5.74, 6) is 0.151. The van der Waals surface area contributed by atoms with Crippen LogP contribution < -0.4 is 0 Å². The highest BCUT2D eigenvalue weighted by Crippen LogP contribution is 2.25. The van der Waals surface area contributed by atoms with E-state index in [2.05, 4.69) is 15.3 Å². The topological polar surface area (TPSA) is 80.5 Å². The lowest BCUT2D eigenvalue weighted by atomic mass is 10.1. The van der Waals surface area contributed by atoms with Gasteiger partial charge >= 0.3 is 0 Å².